The van der Waals surface area contributed by atoms with Crippen molar-refractivity contribution < 1.29 is 4.42 Å². The molecule has 0 unspecified atom stereocenters. The minimum Gasteiger partial charge on any atom is -0.411 e. The van der Waals surface area contributed by atoms with E-state index in [1.807, 2.05) is 36.4 Å². The zero-order valence-electron chi connectivity index (χ0n) is 10.9. The molecule has 1 heterocycles. The van der Waals surface area contributed by atoms with E-state index < -0.39 is 0 Å². The highest BCUT2D eigenvalue weighted by atomic mass is 32.2. The van der Waals surface area contributed by atoms with Gasteiger partial charge in [0, 0.05) is 11.3 Å². The molecule has 0 aliphatic carbocycles. The van der Waals surface area contributed by atoms with E-state index in [9.17, 15) is 0 Å². The van der Waals surface area contributed by atoms with Crippen molar-refractivity contribution in [2.24, 2.45) is 0 Å². The number of thioether (sulfide) groups is 1. The molecule has 4 heteroatoms. The molecule has 0 aliphatic heterocycles. The second-order valence-corrected chi connectivity index (χ2v) is 5.37. The molecule has 3 rings (SSSR count). The van der Waals surface area contributed by atoms with Gasteiger partial charge in [0.15, 0.2) is 0 Å². The first-order valence-electron chi connectivity index (χ1n) is 6.47. The molecule has 2 aromatic carbocycles. The van der Waals surface area contributed by atoms with Crippen LogP contribution >= 0.6 is 11.8 Å². The first-order chi connectivity index (χ1) is 9.92. The van der Waals surface area contributed by atoms with Crippen LogP contribution in [0.5, 0.6) is 0 Å². The summed E-state index contributed by atoms with van der Waals surface area (Å²) < 4.78 is 5.65. The second-order valence-electron chi connectivity index (χ2n) is 4.32. The molecule has 3 nitrogen and oxygen atoms in total. The van der Waals surface area contributed by atoms with Crippen molar-refractivity contribution in [1.82, 2.24) is 10.2 Å². The van der Waals surface area contributed by atoms with Crippen LogP contribution in [0.15, 0.2) is 70.3 Å². The van der Waals surface area contributed by atoms with Crippen molar-refractivity contribution >= 4 is 11.8 Å². The minimum atomic E-state index is 0.577. The van der Waals surface area contributed by atoms with Crippen LogP contribution in [-0.2, 0) is 6.42 Å². The Balaban J connectivity index is 1.58. The fourth-order valence-corrected chi connectivity index (χ4v) is 2.62. The summed E-state index contributed by atoms with van der Waals surface area (Å²) in [4.78, 5) is 0. The number of nitrogens with zero attached hydrogens (tertiary/aromatic N) is 2. The molecule has 0 saturated heterocycles. The smallest absolute Gasteiger partial charge is 0.276 e. The van der Waals surface area contributed by atoms with Crippen LogP contribution in [0.2, 0.25) is 0 Å². The first-order valence-corrected chi connectivity index (χ1v) is 7.46. The number of hydrogen-bond acceptors (Lipinski definition) is 4. The zero-order chi connectivity index (χ0) is 13.6. The predicted octanol–water partition coefficient (Wildman–Crippen LogP) is 4.07. The maximum atomic E-state index is 5.65. The molecule has 0 aliphatic rings. The van der Waals surface area contributed by atoms with Gasteiger partial charge in [-0.05, 0) is 24.1 Å². The van der Waals surface area contributed by atoms with Crippen molar-refractivity contribution in [3.63, 3.8) is 0 Å². The van der Waals surface area contributed by atoms with Crippen LogP contribution in [0.1, 0.15) is 5.56 Å². The third-order valence-corrected chi connectivity index (χ3v) is 3.71. The highest BCUT2D eigenvalue weighted by Crippen LogP contribution is 2.23. The van der Waals surface area contributed by atoms with Crippen LogP contribution in [0, 0.1) is 0 Å². The lowest BCUT2D eigenvalue weighted by Crippen LogP contribution is -1.87. The van der Waals surface area contributed by atoms with E-state index in [0.717, 1.165) is 17.7 Å². The molecule has 100 valence electrons. The molecule has 0 N–H and O–H groups in total. The maximum Gasteiger partial charge on any atom is 0.276 e. The van der Waals surface area contributed by atoms with Crippen LogP contribution in [0.4, 0.5) is 0 Å². The van der Waals surface area contributed by atoms with Gasteiger partial charge in [0.25, 0.3) is 5.22 Å². The average molecular weight is 282 g/mol. The normalized spacial score (nSPS) is 10.6. The zero-order valence-corrected chi connectivity index (χ0v) is 11.7. The van der Waals surface area contributed by atoms with Crippen molar-refractivity contribution in [2.45, 2.75) is 11.6 Å². The molecule has 1 aromatic heterocycles. The average Bonchev–Trinajstić information content (AvgIpc) is 2.98. The van der Waals surface area contributed by atoms with E-state index in [4.69, 9.17) is 4.42 Å². The van der Waals surface area contributed by atoms with Gasteiger partial charge in [-0.1, -0.05) is 60.3 Å². The largest absolute Gasteiger partial charge is 0.411 e. The summed E-state index contributed by atoms with van der Waals surface area (Å²) in [6, 6.07) is 20.2. The van der Waals surface area contributed by atoms with Gasteiger partial charge in [0.05, 0.1) is 0 Å². The van der Waals surface area contributed by atoms with Gasteiger partial charge in [0.1, 0.15) is 0 Å². The quantitative estimate of drug-likeness (QED) is 0.661. The Hall–Kier alpha value is -2.07. The minimum absolute atomic E-state index is 0.577. The summed E-state index contributed by atoms with van der Waals surface area (Å²) in [7, 11) is 0. The van der Waals surface area contributed by atoms with Crippen molar-refractivity contribution in [1.29, 1.82) is 0 Å². The van der Waals surface area contributed by atoms with Crippen molar-refractivity contribution in [2.75, 3.05) is 5.75 Å². The highest BCUT2D eigenvalue weighted by molar-refractivity contribution is 7.99. The Morgan fingerprint density at radius 2 is 1.55 bits per heavy atom. The summed E-state index contributed by atoms with van der Waals surface area (Å²) in [5.41, 5.74) is 2.28. The number of rotatable bonds is 5. The van der Waals surface area contributed by atoms with E-state index in [0.29, 0.717) is 11.1 Å². The van der Waals surface area contributed by atoms with Crippen LogP contribution in [0.3, 0.4) is 0 Å². The van der Waals surface area contributed by atoms with Gasteiger partial charge >= 0.3 is 0 Å². The molecule has 3 aromatic rings. The monoisotopic (exact) mass is 282 g/mol. The van der Waals surface area contributed by atoms with E-state index in [-0.39, 0.29) is 0 Å². The molecule has 0 saturated carbocycles. The lowest BCUT2D eigenvalue weighted by atomic mass is 10.2. The Morgan fingerprint density at radius 3 is 2.30 bits per heavy atom. The lowest BCUT2D eigenvalue weighted by Gasteiger charge is -1.98. The molecular formula is C16H14N2OS. The summed E-state index contributed by atoms with van der Waals surface area (Å²) in [6.45, 7) is 0. The Morgan fingerprint density at radius 1 is 0.850 bits per heavy atom. The summed E-state index contributed by atoms with van der Waals surface area (Å²) in [6.07, 6.45) is 0.995. The fraction of sp³-hybridized carbons (Fsp3) is 0.125. The summed E-state index contributed by atoms with van der Waals surface area (Å²) in [5, 5.41) is 8.77. The fourth-order valence-electron chi connectivity index (χ4n) is 1.87. The van der Waals surface area contributed by atoms with Crippen LogP contribution in [-0.4, -0.2) is 16.0 Å². The van der Waals surface area contributed by atoms with Gasteiger partial charge < -0.3 is 4.42 Å². The van der Waals surface area contributed by atoms with Gasteiger partial charge in [-0.15, -0.1) is 10.2 Å². The molecule has 0 radical (unpaired) electrons. The molecule has 0 fully saturated rings. The van der Waals surface area contributed by atoms with Crippen LogP contribution in [0.25, 0.3) is 11.5 Å². The SMILES string of the molecule is c1ccc(CCSc2nnc(-c3ccccc3)o2)cc1. The third kappa shape index (κ3) is 3.27. The molecule has 0 atom stereocenters. The third-order valence-electron chi connectivity index (χ3n) is 2.89. The molecule has 0 spiro atoms. The van der Waals surface area contributed by atoms with Gasteiger partial charge in [-0.25, -0.2) is 0 Å². The highest BCUT2D eigenvalue weighted by Gasteiger charge is 2.08. The number of aryl methyl sites for hydroxylation is 1. The number of benzene rings is 2. The maximum absolute atomic E-state index is 5.65. The topological polar surface area (TPSA) is 38.9 Å². The Labute approximate surface area is 122 Å². The van der Waals surface area contributed by atoms with Gasteiger partial charge in [0.2, 0.25) is 5.89 Å². The van der Waals surface area contributed by atoms with E-state index in [1.54, 1.807) is 11.8 Å². The Kier molecular flexibility index (Phi) is 4.13. The summed E-state index contributed by atoms with van der Waals surface area (Å²) >= 11 is 1.59. The van der Waals surface area contributed by atoms with E-state index in [1.165, 1.54) is 5.56 Å². The molecule has 0 bridgehead atoms. The Bertz CT molecular complexity index is 653. The number of hydrogen-bond donors (Lipinski definition) is 0. The predicted molar refractivity (Wildman–Crippen MR) is 80.6 cm³/mol. The van der Waals surface area contributed by atoms with Gasteiger partial charge in [-0.2, -0.15) is 0 Å². The van der Waals surface area contributed by atoms with E-state index >= 15 is 0 Å². The first kappa shape index (κ1) is 12.9. The number of aromatic nitrogens is 2. The van der Waals surface area contributed by atoms with E-state index in [2.05, 4.69) is 34.5 Å². The molecule has 0 amide bonds. The van der Waals surface area contributed by atoms with Crippen molar-refractivity contribution in [3.8, 4) is 11.5 Å². The molecular weight excluding hydrogens is 268 g/mol. The van der Waals surface area contributed by atoms with Gasteiger partial charge in [-0.3, -0.25) is 0 Å². The standard InChI is InChI=1S/C16H14N2OS/c1-3-7-13(8-4-1)11-12-20-16-18-17-15(19-16)14-9-5-2-6-10-14/h1-10H,11-12H2. The second kappa shape index (κ2) is 6.39. The molecule has 20 heavy (non-hydrogen) atoms. The lowest BCUT2D eigenvalue weighted by molar-refractivity contribution is 0.466. The van der Waals surface area contributed by atoms with Crippen molar-refractivity contribution in [3.05, 3.63) is 66.2 Å². The summed E-state index contributed by atoms with van der Waals surface area (Å²) in [5.74, 6) is 1.51. The van der Waals surface area contributed by atoms with Crippen LogP contribution < -0.4 is 0 Å².